The second-order valence-corrected chi connectivity index (χ2v) is 3.07. The Bertz CT molecular complexity index is 140. The first-order chi connectivity index (χ1) is 4.75. The maximum absolute atomic E-state index is 4.18. The van der Waals surface area contributed by atoms with E-state index in [0.29, 0.717) is 12.0 Å². The van der Waals surface area contributed by atoms with Gasteiger partial charge in [-0.05, 0) is 20.3 Å². The van der Waals surface area contributed by atoms with Gasteiger partial charge in [0.1, 0.15) is 0 Å². The minimum atomic E-state index is 0.556. The van der Waals surface area contributed by atoms with E-state index in [1.54, 1.807) is 0 Å². The summed E-state index contributed by atoms with van der Waals surface area (Å²) in [6.45, 7) is 6.52. The molecule has 0 amide bonds. The Morgan fingerprint density at radius 2 is 2.30 bits per heavy atom. The predicted molar refractivity (Wildman–Crippen MR) is 44.1 cm³/mol. The minimum absolute atomic E-state index is 0.556. The molecule has 0 aromatic rings. The van der Waals surface area contributed by atoms with Crippen molar-refractivity contribution in [3.05, 3.63) is 0 Å². The molecule has 1 unspecified atom stereocenters. The zero-order valence-corrected chi connectivity index (χ0v) is 7.02. The molecule has 0 fully saturated rings. The van der Waals surface area contributed by atoms with E-state index >= 15 is 0 Å². The van der Waals surface area contributed by atoms with Gasteiger partial charge in [-0.25, -0.2) is 0 Å². The van der Waals surface area contributed by atoms with Crippen molar-refractivity contribution in [2.24, 2.45) is 11.0 Å². The Labute approximate surface area is 62.7 Å². The van der Waals surface area contributed by atoms with Crippen molar-refractivity contribution >= 4 is 5.71 Å². The summed E-state index contributed by atoms with van der Waals surface area (Å²) in [5.41, 5.74) is 4.36. The van der Waals surface area contributed by atoms with Gasteiger partial charge < -0.3 is 5.43 Å². The smallest absolute Gasteiger partial charge is 0.0492 e. The third-order valence-corrected chi connectivity index (χ3v) is 2.18. The Kier molecular flexibility index (Phi) is 2.30. The highest BCUT2D eigenvalue weighted by Gasteiger charge is 2.23. The van der Waals surface area contributed by atoms with Crippen molar-refractivity contribution in [3.63, 3.8) is 0 Å². The third kappa shape index (κ3) is 1.31. The van der Waals surface area contributed by atoms with Crippen molar-refractivity contribution in [2.75, 3.05) is 0 Å². The Morgan fingerprint density at radius 1 is 1.60 bits per heavy atom. The first kappa shape index (κ1) is 7.58. The molecular weight excluding hydrogens is 124 g/mol. The highest BCUT2D eigenvalue weighted by Crippen LogP contribution is 2.17. The number of hydrazone groups is 1. The molecule has 2 nitrogen and oxygen atoms in total. The number of nitrogens with zero attached hydrogens (tertiary/aromatic N) is 1. The van der Waals surface area contributed by atoms with Gasteiger partial charge in [0.25, 0.3) is 0 Å². The van der Waals surface area contributed by atoms with E-state index in [1.165, 1.54) is 18.6 Å². The Hall–Kier alpha value is -0.530. The summed E-state index contributed by atoms with van der Waals surface area (Å²) >= 11 is 0. The molecular formula is C8H16N2. The SMILES string of the molecule is CCC[C@H]1C(C)=NNC1C. The van der Waals surface area contributed by atoms with Crippen LogP contribution in [-0.2, 0) is 0 Å². The van der Waals surface area contributed by atoms with Crippen LogP contribution < -0.4 is 5.43 Å². The average molecular weight is 140 g/mol. The normalized spacial score (nSPS) is 31.7. The number of rotatable bonds is 2. The molecule has 0 saturated carbocycles. The van der Waals surface area contributed by atoms with Gasteiger partial charge in [0.2, 0.25) is 0 Å². The molecule has 0 spiro atoms. The minimum Gasteiger partial charge on any atom is -0.307 e. The Balaban J connectivity index is 2.47. The van der Waals surface area contributed by atoms with Gasteiger partial charge in [0.15, 0.2) is 0 Å². The van der Waals surface area contributed by atoms with Crippen LogP contribution in [0.15, 0.2) is 5.10 Å². The van der Waals surface area contributed by atoms with Crippen LogP contribution in [0, 0.1) is 5.92 Å². The molecule has 2 heteroatoms. The first-order valence-electron chi connectivity index (χ1n) is 4.05. The fourth-order valence-corrected chi connectivity index (χ4v) is 1.51. The molecule has 10 heavy (non-hydrogen) atoms. The molecule has 0 radical (unpaired) electrons. The maximum atomic E-state index is 4.18. The third-order valence-electron chi connectivity index (χ3n) is 2.18. The molecule has 1 aliphatic heterocycles. The molecule has 1 aliphatic rings. The molecule has 0 aromatic heterocycles. The van der Waals surface area contributed by atoms with Gasteiger partial charge >= 0.3 is 0 Å². The molecule has 2 atom stereocenters. The van der Waals surface area contributed by atoms with Crippen molar-refractivity contribution < 1.29 is 0 Å². The summed E-state index contributed by atoms with van der Waals surface area (Å²) in [6.07, 6.45) is 2.52. The van der Waals surface area contributed by atoms with Crippen LogP contribution in [0.1, 0.15) is 33.6 Å². The van der Waals surface area contributed by atoms with Crippen LogP contribution >= 0.6 is 0 Å². The zero-order valence-electron chi connectivity index (χ0n) is 7.02. The number of nitrogens with one attached hydrogen (secondary N) is 1. The quantitative estimate of drug-likeness (QED) is 0.621. The summed E-state index contributed by atoms with van der Waals surface area (Å²) in [7, 11) is 0. The van der Waals surface area contributed by atoms with Crippen LogP contribution in [0.5, 0.6) is 0 Å². The molecule has 1 heterocycles. The van der Waals surface area contributed by atoms with E-state index in [2.05, 4.69) is 31.3 Å². The molecule has 0 saturated heterocycles. The summed E-state index contributed by atoms with van der Waals surface area (Å²) in [4.78, 5) is 0. The van der Waals surface area contributed by atoms with E-state index < -0.39 is 0 Å². The highest BCUT2D eigenvalue weighted by molar-refractivity contribution is 5.86. The topological polar surface area (TPSA) is 24.4 Å². The lowest BCUT2D eigenvalue weighted by atomic mass is 9.94. The van der Waals surface area contributed by atoms with Crippen LogP contribution in [0.25, 0.3) is 0 Å². The van der Waals surface area contributed by atoms with E-state index in [9.17, 15) is 0 Å². The molecule has 0 bridgehead atoms. The molecule has 1 rings (SSSR count). The second-order valence-electron chi connectivity index (χ2n) is 3.07. The lowest BCUT2D eigenvalue weighted by Crippen LogP contribution is -2.25. The largest absolute Gasteiger partial charge is 0.307 e. The monoisotopic (exact) mass is 140 g/mol. The predicted octanol–water partition coefficient (Wildman–Crippen LogP) is 1.77. The number of hydrogen-bond donors (Lipinski definition) is 1. The average Bonchev–Trinajstić information content (AvgIpc) is 2.20. The van der Waals surface area contributed by atoms with E-state index in [-0.39, 0.29) is 0 Å². The molecule has 0 aromatic carbocycles. The Morgan fingerprint density at radius 3 is 2.70 bits per heavy atom. The molecule has 58 valence electrons. The molecule has 1 N–H and O–H groups in total. The van der Waals surface area contributed by atoms with Crippen molar-refractivity contribution in [2.45, 2.75) is 39.7 Å². The molecule has 0 aliphatic carbocycles. The van der Waals surface area contributed by atoms with E-state index in [0.717, 1.165) is 0 Å². The van der Waals surface area contributed by atoms with Crippen LogP contribution in [0.2, 0.25) is 0 Å². The second kappa shape index (κ2) is 3.04. The standard InChI is InChI=1S/C8H16N2/c1-4-5-8-6(2)9-10-7(8)3/h6,8-9H,4-5H2,1-3H3/t6?,8-/m1/s1. The fourth-order valence-electron chi connectivity index (χ4n) is 1.51. The number of hydrogen-bond acceptors (Lipinski definition) is 2. The van der Waals surface area contributed by atoms with E-state index in [1.807, 2.05) is 0 Å². The summed E-state index contributed by atoms with van der Waals surface area (Å²) in [6, 6.07) is 0.556. The van der Waals surface area contributed by atoms with Crippen molar-refractivity contribution in [1.82, 2.24) is 5.43 Å². The van der Waals surface area contributed by atoms with Gasteiger partial charge in [-0.3, -0.25) is 0 Å². The lowest BCUT2D eigenvalue weighted by Gasteiger charge is -2.13. The maximum Gasteiger partial charge on any atom is 0.0492 e. The van der Waals surface area contributed by atoms with Crippen molar-refractivity contribution in [3.8, 4) is 0 Å². The highest BCUT2D eigenvalue weighted by atomic mass is 15.3. The zero-order chi connectivity index (χ0) is 7.56. The van der Waals surface area contributed by atoms with Crippen LogP contribution in [0.4, 0.5) is 0 Å². The van der Waals surface area contributed by atoms with E-state index in [4.69, 9.17) is 0 Å². The fraction of sp³-hybridized carbons (Fsp3) is 0.875. The van der Waals surface area contributed by atoms with Gasteiger partial charge in [-0.2, -0.15) is 5.10 Å². The van der Waals surface area contributed by atoms with Crippen LogP contribution in [0.3, 0.4) is 0 Å². The van der Waals surface area contributed by atoms with Gasteiger partial charge in [-0.1, -0.05) is 13.3 Å². The first-order valence-corrected chi connectivity index (χ1v) is 4.05. The van der Waals surface area contributed by atoms with Crippen LogP contribution in [-0.4, -0.2) is 11.8 Å². The summed E-state index contributed by atoms with van der Waals surface area (Å²) in [5.74, 6) is 0.685. The summed E-state index contributed by atoms with van der Waals surface area (Å²) in [5, 5.41) is 4.18. The summed E-state index contributed by atoms with van der Waals surface area (Å²) < 4.78 is 0. The lowest BCUT2D eigenvalue weighted by molar-refractivity contribution is 0.481. The van der Waals surface area contributed by atoms with Gasteiger partial charge in [-0.15, -0.1) is 0 Å². The van der Waals surface area contributed by atoms with Gasteiger partial charge in [0.05, 0.1) is 0 Å². The van der Waals surface area contributed by atoms with Gasteiger partial charge in [0, 0.05) is 17.7 Å². The van der Waals surface area contributed by atoms with Crippen molar-refractivity contribution in [1.29, 1.82) is 0 Å².